The Kier molecular flexibility index (Phi) is 7.52. The van der Waals surface area contributed by atoms with Crippen LogP contribution in [0.25, 0.3) is 0 Å². The number of rotatable bonds is 7. The second-order valence-electron chi connectivity index (χ2n) is 11.9. The lowest BCUT2D eigenvalue weighted by atomic mass is 9.57. The van der Waals surface area contributed by atoms with E-state index in [4.69, 9.17) is 4.74 Å². The van der Waals surface area contributed by atoms with Crippen LogP contribution in [-0.4, -0.2) is 47.4 Å². The zero-order valence-electron chi connectivity index (χ0n) is 22.0. The molecule has 7 nitrogen and oxygen atoms in total. The first-order valence-electron chi connectivity index (χ1n) is 13.4. The highest BCUT2D eigenvalue weighted by Crippen LogP contribution is 2.54. The molecule has 5 unspecified atom stereocenters. The van der Waals surface area contributed by atoms with Crippen molar-refractivity contribution in [2.75, 3.05) is 12.4 Å². The van der Waals surface area contributed by atoms with E-state index in [1.807, 2.05) is 20.8 Å². The van der Waals surface area contributed by atoms with Crippen LogP contribution < -0.4 is 4.74 Å². The third kappa shape index (κ3) is 4.96. The van der Waals surface area contributed by atoms with Crippen LogP contribution in [0.5, 0.6) is 5.88 Å². The standard InChI is InChI=1S/C27H42N2O5S/c1-6-29-26(34-16-22(30)19-10-8-7-9-11-19)21(15-28-29)24(31)20-14-17(2)25-23(18(20)3)27(4,5)12-13-35(25,32)33/h15,17-20,23,25H,6-14,16H2,1-5H3. The van der Waals surface area contributed by atoms with E-state index in [0.29, 0.717) is 30.8 Å². The number of Topliss-reactive ketones (excluding diaryl/α,β-unsaturated/α-hetero) is 2. The first-order chi connectivity index (χ1) is 16.5. The van der Waals surface area contributed by atoms with Gasteiger partial charge in [-0.2, -0.15) is 5.10 Å². The first kappa shape index (κ1) is 26.4. The maximum absolute atomic E-state index is 13.9. The van der Waals surface area contributed by atoms with Crippen molar-refractivity contribution >= 4 is 21.4 Å². The number of ether oxygens (including phenoxy) is 1. The number of ketones is 2. The number of fused-ring (bicyclic) bond motifs is 1. The molecule has 8 heteroatoms. The van der Waals surface area contributed by atoms with Crippen molar-refractivity contribution in [3.8, 4) is 5.88 Å². The molecule has 2 saturated carbocycles. The lowest BCUT2D eigenvalue weighted by Gasteiger charge is -2.53. The second kappa shape index (κ2) is 9.98. The summed E-state index contributed by atoms with van der Waals surface area (Å²) in [5.74, 6) is 0.176. The zero-order chi connectivity index (χ0) is 25.5. The third-order valence-corrected chi connectivity index (χ3v) is 11.6. The van der Waals surface area contributed by atoms with Crippen molar-refractivity contribution in [1.82, 2.24) is 9.78 Å². The molecule has 1 aliphatic heterocycles. The molecule has 1 aromatic heterocycles. The van der Waals surface area contributed by atoms with E-state index in [9.17, 15) is 18.0 Å². The molecule has 0 bridgehead atoms. The van der Waals surface area contributed by atoms with Gasteiger partial charge < -0.3 is 4.74 Å². The van der Waals surface area contributed by atoms with Crippen molar-refractivity contribution in [1.29, 1.82) is 0 Å². The topological polar surface area (TPSA) is 95.3 Å². The summed E-state index contributed by atoms with van der Waals surface area (Å²) >= 11 is 0. The monoisotopic (exact) mass is 506 g/mol. The van der Waals surface area contributed by atoms with Crippen molar-refractivity contribution in [3.63, 3.8) is 0 Å². The summed E-state index contributed by atoms with van der Waals surface area (Å²) in [7, 11) is -3.18. The van der Waals surface area contributed by atoms with Crippen molar-refractivity contribution in [3.05, 3.63) is 11.8 Å². The Labute approximate surface area is 210 Å². The number of sulfone groups is 1. The van der Waals surface area contributed by atoms with Gasteiger partial charge in [-0.3, -0.25) is 9.59 Å². The third-order valence-electron chi connectivity index (χ3n) is 9.19. The molecule has 4 rings (SSSR count). The quantitative estimate of drug-likeness (QED) is 0.496. The minimum absolute atomic E-state index is 0.0385. The maximum atomic E-state index is 13.9. The van der Waals surface area contributed by atoms with E-state index in [-0.39, 0.29) is 58.9 Å². The Bertz CT molecular complexity index is 1050. The van der Waals surface area contributed by atoms with Crippen LogP contribution >= 0.6 is 0 Å². The molecular formula is C27H42N2O5S. The predicted molar refractivity (Wildman–Crippen MR) is 135 cm³/mol. The van der Waals surface area contributed by atoms with E-state index in [2.05, 4.69) is 18.9 Å². The Balaban J connectivity index is 1.57. The molecule has 0 aromatic carbocycles. The van der Waals surface area contributed by atoms with Gasteiger partial charge in [-0.15, -0.1) is 0 Å². The molecule has 2 heterocycles. The normalized spacial score (nSPS) is 32.5. The average Bonchev–Trinajstić information content (AvgIpc) is 3.24. The Morgan fingerprint density at radius 1 is 1.17 bits per heavy atom. The second-order valence-corrected chi connectivity index (χ2v) is 14.2. The molecule has 1 aromatic rings. The molecule has 3 aliphatic rings. The molecule has 0 radical (unpaired) electrons. The van der Waals surface area contributed by atoms with E-state index < -0.39 is 15.1 Å². The molecule has 0 N–H and O–H groups in total. The fraction of sp³-hybridized carbons (Fsp3) is 0.815. The fourth-order valence-corrected chi connectivity index (χ4v) is 10.2. The Morgan fingerprint density at radius 3 is 2.51 bits per heavy atom. The van der Waals surface area contributed by atoms with Crippen LogP contribution in [0.1, 0.15) is 89.9 Å². The van der Waals surface area contributed by atoms with E-state index in [0.717, 1.165) is 25.7 Å². The van der Waals surface area contributed by atoms with E-state index >= 15 is 0 Å². The molecular weight excluding hydrogens is 464 g/mol. The predicted octanol–water partition coefficient (Wildman–Crippen LogP) is 4.74. The molecule has 0 amide bonds. The number of carbonyl (C=O) groups is 2. The van der Waals surface area contributed by atoms with Gasteiger partial charge in [0, 0.05) is 18.4 Å². The highest BCUT2D eigenvalue weighted by molar-refractivity contribution is 7.92. The van der Waals surface area contributed by atoms with Crippen molar-refractivity contribution < 1.29 is 22.7 Å². The first-order valence-corrected chi connectivity index (χ1v) is 15.2. The van der Waals surface area contributed by atoms with Crippen LogP contribution in [0, 0.1) is 35.0 Å². The SMILES string of the molecule is CCn1ncc(C(=O)C2CC(C)C3C(C2C)C(C)(C)CCS3(=O)=O)c1OCC(=O)C1CCCCC1. The van der Waals surface area contributed by atoms with Crippen LogP contribution in [0.15, 0.2) is 6.20 Å². The largest absolute Gasteiger partial charge is 0.469 e. The highest BCUT2D eigenvalue weighted by atomic mass is 32.2. The lowest BCUT2D eigenvalue weighted by molar-refractivity contribution is -0.125. The summed E-state index contributed by atoms with van der Waals surface area (Å²) in [4.78, 5) is 26.7. The van der Waals surface area contributed by atoms with E-state index in [1.165, 1.54) is 6.42 Å². The smallest absolute Gasteiger partial charge is 0.223 e. The van der Waals surface area contributed by atoms with Crippen LogP contribution in [0.2, 0.25) is 0 Å². The van der Waals surface area contributed by atoms with Crippen molar-refractivity contribution in [2.24, 2.45) is 35.0 Å². The minimum atomic E-state index is -3.18. The summed E-state index contributed by atoms with van der Waals surface area (Å²) in [5, 5.41) is 3.99. The molecule has 0 spiro atoms. The number of carbonyl (C=O) groups excluding carboxylic acids is 2. The molecule has 196 valence electrons. The number of hydrogen-bond donors (Lipinski definition) is 0. The highest BCUT2D eigenvalue weighted by Gasteiger charge is 2.56. The van der Waals surface area contributed by atoms with Gasteiger partial charge in [0.05, 0.1) is 22.8 Å². The Morgan fingerprint density at radius 2 is 1.86 bits per heavy atom. The average molecular weight is 507 g/mol. The van der Waals surface area contributed by atoms with Gasteiger partial charge in [-0.05, 0) is 55.8 Å². The molecule has 2 aliphatic carbocycles. The van der Waals surface area contributed by atoms with Gasteiger partial charge >= 0.3 is 0 Å². The molecule has 1 saturated heterocycles. The molecule has 35 heavy (non-hydrogen) atoms. The number of nitrogens with zero attached hydrogens (tertiary/aromatic N) is 2. The van der Waals surface area contributed by atoms with Crippen molar-refractivity contribution in [2.45, 2.75) is 91.4 Å². The van der Waals surface area contributed by atoms with Gasteiger partial charge in [0.1, 0.15) is 6.61 Å². The zero-order valence-corrected chi connectivity index (χ0v) is 22.8. The summed E-state index contributed by atoms with van der Waals surface area (Å²) in [6, 6.07) is 0. The van der Waals surface area contributed by atoms with Gasteiger partial charge in [-0.1, -0.05) is 47.0 Å². The van der Waals surface area contributed by atoms with Crippen LogP contribution in [-0.2, 0) is 21.2 Å². The Hall–Kier alpha value is -1.70. The number of hydrogen-bond acceptors (Lipinski definition) is 6. The van der Waals surface area contributed by atoms with Gasteiger partial charge in [0.15, 0.2) is 21.4 Å². The molecule has 3 fully saturated rings. The summed E-state index contributed by atoms with van der Waals surface area (Å²) in [5.41, 5.74) is 0.268. The maximum Gasteiger partial charge on any atom is 0.223 e. The fourth-order valence-electron chi connectivity index (χ4n) is 7.24. The molecule has 5 atom stereocenters. The number of aromatic nitrogens is 2. The van der Waals surface area contributed by atoms with Gasteiger partial charge in [0.25, 0.3) is 0 Å². The summed E-state index contributed by atoms with van der Waals surface area (Å²) in [6.07, 6.45) is 7.91. The summed E-state index contributed by atoms with van der Waals surface area (Å²) < 4.78 is 33.7. The summed E-state index contributed by atoms with van der Waals surface area (Å²) in [6.45, 7) is 10.8. The van der Waals surface area contributed by atoms with E-state index in [1.54, 1.807) is 10.9 Å². The van der Waals surface area contributed by atoms with Gasteiger partial charge in [0.2, 0.25) is 5.88 Å². The number of aryl methyl sites for hydroxylation is 1. The van der Waals surface area contributed by atoms with Gasteiger partial charge in [-0.25, -0.2) is 13.1 Å². The minimum Gasteiger partial charge on any atom is -0.469 e. The van der Waals surface area contributed by atoms with Crippen LogP contribution in [0.3, 0.4) is 0 Å². The lowest BCUT2D eigenvalue weighted by Crippen LogP contribution is -2.57. The van der Waals surface area contributed by atoms with Crippen LogP contribution in [0.4, 0.5) is 0 Å².